The van der Waals surface area contributed by atoms with Crippen LogP contribution < -0.4 is 5.32 Å². The summed E-state index contributed by atoms with van der Waals surface area (Å²) in [6.45, 7) is 6.58. The number of aliphatic hydroxyl groups is 1. The first-order valence-electron chi connectivity index (χ1n) is 9.63. The number of nitrogens with one attached hydrogen (secondary N) is 1. The van der Waals surface area contributed by atoms with Gasteiger partial charge in [0.25, 0.3) is 0 Å². The molecular weight excluding hydrogens is 324 g/mol. The van der Waals surface area contributed by atoms with Crippen molar-refractivity contribution in [2.75, 3.05) is 13.1 Å². The van der Waals surface area contributed by atoms with Gasteiger partial charge in [0.15, 0.2) is 0 Å². The van der Waals surface area contributed by atoms with Crippen molar-refractivity contribution < 1.29 is 24.5 Å². The lowest BCUT2D eigenvalue weighted by atomic mass is 9.87. The van der Waals surface area contributed by atoms with Crippen LogP contribution in [-0.4, -0.2) is 46.9 Å². The zero-order chi connectivity index (χ0) is 18.4. The zero-order valence-corrected chi connectivity index (χ0v) is 15.6. The summed E-state index contributed by atoms with van der Waals surface area (Å²) in [5, 5.41) is 12.9. The fourth-order valence-electron chi connectivity index (χ4n) is 3.72. The molecule has 3 aliphatic rings. The van der Waals surface area contributed by atoms with Gasteiger partial charge in [0.2, 0.25) is 11.7 Å². The second-order valence-electron chi connectivity index (χ2n) is 7.12. The van der Waals surface area contributed by atoms with Crippen molar-refractivity contribution in [1.82, 2.24) is 10.2 Å². The van der Waals surface area contributed by atoms with Gasteiger partial charge in [0, 0.05) is 18.9 Å². The highest BCUT2D eigenvalue weighted by atomic mass is 17.2. The molecule has 7 heteroatoms. The molecule has 7 nitrogen and oxygen atoms in total. The highest BCUT2D eigenvalue weighted by Gasteiger charge is 2.41. The van der Waals surface area contributed by atoms with Crippen molar-refractivity contribution in [1.29, 1.82) is 0 Å². The van der Waals surface area contributed by atoms with Gasteiger partial charge < -0.3 is 10.4 Å². The molecule has 0 spiro atoms. The van der Waals surface area contributed by atoms with E-state index < -0.39 is 5.79 Å². The zero-order valence-electron chi connectivity index (χ0n) is 15.6. The van der Waals surface area contributed by atoms with Crippen LogP contribution in [0.2, 0.25) is 0 Å². The fourth-order valence-corrected chi connectivity index (χ4v) is 3.72. The monoisotopic (exact) mass is 356 g/mol. The van der Waals surface area contributed by atoms with E-state index in [4.69, 9.17) is 9.78 Å². The van der Waals surface area contributed by atoms with E-state index in [0.717, 1.165) is 38.5 Å². The molecule has 0 aromatic rings. The number of carbonyl (C=O) groups excluding carboxylic acids is 2. The predicted molar refractivity (Wildman–Crippen MR) is 92.3 cm³/mol. The number of hydrogen-bond donors (Lipinski definition) is 2. The number of nitrogens with zero attached hydrogens (tertiary/aromatic N) is 1. The molecular formula is C18H32N2O5. The quantitative estimate of drug-likeness (QED) is 0.342. The van der Waals surface area contributed by atoms with Gasteiger partial charge in [-0.3, -0.25) is 9.69 Å². The third-order valence-corrected chi connectivity index (χ3v) is 5.44. The summed E-state index contributed by atoms with van der Waals surface area (Å²) in [6, 6.07) is -0.283. The molecule has 0 radical (unpaired) electrons. The third-order valence-electron chi connectivity index (χ3n) is 5.44. The van der Waals surface area contributed by atoms with Crippen LogP contribution >= 0.6 is 0 Å². The van der Waals surface area contributed by atoms with E-state index in [0.29, 0.717) is 18.9 Å². The molecule has 0 aromatic heterocycles. The third kappa shape index (κ3) is 4.92. The molecule has 3 fully saturated rings. The highest BCUT2D eigenvalue weighted by molar-refractivity contribution is 6.01. The van der Waals surface area contributed by atoms with Crippen LogP contribution in [0.15, 0.2) is 0 Å². The van der Waals surface area contributed by atoms with E-state index in [1.165, 1.54) is 4.90 Å². The summed E-state index contributed by atoms with van der Waals surface area (Å²) in [6.07, 6.45) is 5.93. The molecule has 2 saturated carbocycles. The molecule has 0 aromatic carbocycles. The summed E-state index contributed by atoms with van der Waals surface area (Å²) in [4.78, 5) is 35.3. The predicted octanol–water partition coefficient (Wildman–Crippen LogP) is 2.58. The minimum atomic E-state index is -1.14. The van der Waals surface area contributed by atoms with Crippen molar-refractivity contribution in [3.8, 4) is 0 Å². The largest absolute Gasteiger partial charge is 0.363 e. The Morgan fingerprint density at radius 1 is 1.20 bits per heavy atom. The summed E-state index contributed by atoms with van der Waals surface area (Å²) < 4.78 is 0. The van der Waals surface area contributed by atoms with Gasteiger partial charge in [-0.05, 0) is 44.4 Å². The number of urea groups is 1. The topological polar surface area (TPSA) is 88.1 Å². The van der Waals surface area contributed by atoms with Gasteiger partial charge in [0.05, 0.1) is 12.6 Å². The Kier molecular flexibility index (Phi) is 7.22. The summed E-state index contributed by atoms with van der Waals surface area (Å²) in [5.41, 5.74) is 0. The molecule has 1 heterocycles. The Hall–Kier alpha value is -1.18. The van der Waals surface area contributed by atoms with Crippen molar-refractivity contribution in [2.24, 2.45) is 11.8 Å². The first-order valence-corrected chi connectivity index (χ1v) is 9.63. The van der Waals surface area contributed by atoms with Gasteiger partial charge in [0.1, 0.15) is 0 Å². The smallest absolute Gasteiger partial charge is 0.324 e. The van der Waals surface area contributed by atoms with Crippen LogP contribution in [-0.2, 0) is 14.6 Å². The molecule has 2 aliphatic carbocycles. The second-order valence-corrected chi connectivity index (χ2v) is 7.12. The van der Waals surface area contributed by atoms with Crippen molar-refractivity contribution >= 4 is 11.9 Å². The molecule has 144 valence electrons. The van der Waals surface area contributed by atoms with Crippen molar-refractivity contribution in [2.45, 2.75) is 77.6 Å². The van der Waals surface area contributed by atoms with Gasteiger partial charge >= 0.3 is 6.03 Å². The van der Waals surface area contributed by atoms with E-state index in [1.54, 1.807) is 0 Å². The first-order chi connectivity index (χ1) is 12.0. The van der Waals surface area contributed by atoms with Crippen LogP contribution in [0.1, 0.15) is 65.7 Å². The Morgan fingerprint density at radius 2 is 1.88 bits per heavy atom. The first kappa shape index (κ1) is 20.1. The molecule has 2 unspecified atom stereocenters. The molecule has 0 bridgehead atoms. The number of hydrogen-bond acceptors (Lipinski definition) is 5. The molecule has 3 rings (SSSR count). The van der Waals surface area contributed by atoms with E-state index in [2.05, 4.69) is 5.32 Å². The molecule has 3 amide bonds. The van der Waals surface area contributed by atoms with Crippen LogP contribution in [0.25, 0.3) is 0 Å². The molecule has 1 saturated heterocycles. The van der Waals surface area contributed by atoms with E-state index >= 15 is 0 Å². The van der Waals surface area contributed by atoms with Crippen LogP contribution in [0.5, 0.6) is 0 Å². The summed E-state index contributed by atoms with van der Waals surface area (Å²) >= 11 is 0. The highest BCUT2D eigenvalue weighted by Crippen LogP contribution is 2.37. The van der Waals surface area contributed by atoms with Gasteiger partial charge in [-0.1, -0.05) is 20.8 Å². The Labute approximate surface area is 150 Å². The van der Waals surface area contributed by atoms with E-state index in [9.17, 15) is 14.7 Å². The van der Waals surface area contributed by atoms with E-state index in [1.807, 2.05) is 20.8 Å². The lowest BCUT2D eigenvalue weighted by Gasteiger charge is -2.32. The number of imide groups is 1. The fraction of sp³-hybridized carbons (Fsp3) is 0.889. The molecule has 2 atom stereocenters. The standard InChI is InChI=1S/C16H26N2O5.C2H6/c1-11-3-2-8-16(11,21)23-22-13-6-4-12(5-7-13)10-18-14(19)9-17-15(18)20;1-2/h11-13,21H,2-10H2,1H3,(H,17,20);1-2H3. The van der Waals surface area contributed by atoms with Crippen molar-refractivity contribution in [3.05, 3.63) is 0 Å². The number of carbonyl (C=O) groups is 2. The maximum atomic E-state index is 11.6. The van der Waals surface area contributed by atoms with Crippen molar-refractivity contribution in [3.63, 3.8) is 0 Å². The van der Waals surface area contributed by atoms with Gasteiger partial charge in [-0.25, -0.2) is 14.6 Å². The average Bonchev–Trinajstić information content (AvgIpc) is 3.13. The maximum Gasteiger partial charge on any atom is 0.324 e. The number of rotatable bonds is 5. The van der Waals surface area contributed by atoms with Crippen LogP contribution in [0.3, 0.4) is 0 Å². The van der Waals surface area contributed by atoms with Gasteiger partial charge in [-0.2, -0.15) is 0 Å². The van der Waals surface area contributed by atoms with Crippen LogP contribution in [0.4, 0.5) is 4.79 Å². The lowest BCUT2D eigenvalue weighted by Crippen LogP contribution is -2.39. The Balaban J connectivity index is 0.00000109. The SMILES string of the molecule is CC.CC1CCCC1(O)OOC1CCC(CN2C(=O)CNC2=O)CC1. The minimum Gasteiger partial charge on any atom is -0.363 e. The second kappa shape index (κ2) is 8.96. The van der Waals surface area contributed by atoms with E-state index in [-0.39, 0.29) is 30.5 Å². The maximum absolute atomic E-state index is 11.6. The lowest BCUT2D eigenvalue weighted by molar-refractivity contribution is -0.446. The summed E-state index contributed by atoms with van der Waals surface area (Å²) in [5.74, 6) is -0.875. The molecule has 1 aliphatic heterocycles. The normalized spacial score (nSPS) is 35.4. The Morgan fingerprint density at radius 3 is 2.40 bits per heavy atom. The Bertz CT molecular complexity index is 448. The average molecular weight is 356 g/mol. The van der Waals surface area contributed by atoms with Crippen LogP contribution in [0, 0.1) is 11.8 Å². The molecule has 25 heavy (non-hydrogen) atoms. The van der Waals surface area contributed by atoms with Gasteiger partial charge in [-0.15, -0.1) is 0 Å². The number of amides is 3. The molecule has 2 N–H and O–H groups in total. The summed E-state index contributed by atoms with van der Waals surface area (Å²) in [7, 11) is 0. The minimum absolute atomic E-state index is 0.0221.